The van der Waals surface area contributed by atoms with Gasteiger partial charge in [-0.25, -0.2) is 4.79 Å². The highest BCUT2D eigenvalue weighted by Gasteiger charge is 2.07. The van der Waals surface area contributed by atoms with Crippen LogP contribution in [0.3, 0.4) is 0 Å². The van der Waals surface area contributed by atoms with Gasteiger partial charge in [0.05, 0.1) is 11.9 Å². The monoisotopic (exact) mass is 282 g/mol. The third-order valence-corrected chi connectivity index (χ3v) is 2.99. The van der Waals surface area contributed by atoms with E-state index in [-0.39, 0.29) is 18.4 Å². The van der Waals surface area contributed by atoms with Crippen LogP contribution in [-0.2, 0) is 11.3 Å². The zero-order valence-electron chi connectivity index (χ0n) is 11.9. The molecule has 7 heteroatoms. The summed E-state index contributed by atoms with van der Waals surface area (Å²) in [6.45, 7) is 5.22. The van der Waals surface area contributed by atoms with E-state index in [9.17, 15) is 9.59 Å². The normalized spacial score (nSPS) is 11.9. The molecule has 0 radical (unpaired) electrons. The van der Waals surface area contributed by atoms with E-state index < -0.39 is 5.97 Å². The third kappa shape index (κ3) is 6.21. The minimum atomic E-state index is -0.782. The molecule has 2 amide bonds. The number of urea groups is 1. The molecule has 112 valence electrons. The largest absolute Gasteiger partial charge is 0.481 e. The Morgan fingerprint density at radius 1 is 1.45 bits per heavy atom. The number of carbonyl (C=O) groups is 2. The molecule has 0 spiro atoms. The summed E-state index contributed by atoms with van der Waals surface area (Å²) in [6.07, 6.45) is 4.91. The molecule has 0 saturated heterocycles. The lowest BCUT2D eigenvalue weighted by Gasteiger charge is -2.10. The first-order valence-corrected chi connectivity index (χ1v) is 6.80. The fourth-order valence-corrected chi connectivity index (χ4v) is 1.72. The number of rotatable bonds is 8. The van der Waals surface area contributed by atoms with E-state index in [4.69, 9.17) is 5.11 Å². The van der Waals surface area contributed by atoms with E-state index in [1.807, 2.05) is 13.8 Å². The number of nitrogens with zero attached hydrogens (tertiary/aromatic N) is 2. The van der Waals surface area contributed by atoms with Crippen LogP contribution in [0.2, 0.25) is 0 Å². The Labute approximate surface area is 118 Å². The van der Waals surface area contributed by atoms with E-state index in [0.29, 0.717) is 18.7 Å². The van der Waals surface area contributed by atoms with Gasteiger partial charge in [-0.1, -0.05) is 6.92 Å². The summed E-state index contributed by atoms with van der Waals surface area (Å²) in [5, 5.41) is 18.1. The van der Waals surface area contributed by atoms with E-state index in [1.165, 1.54) is 0 Å². The summed E-state index contributed by atoms with van der Waals surface area (Å²) in [7, 11) is 0. The average Bonchev–Trinajstić information content (AvgIpc) is 2.84. The van der Waals surface area contributed by atoms with Crippen LogP contribution in [0.4, 0.5) is 10.5 Å². The Bertz CT molecular complexity index is 445. The van der Waals surface area contributed by atoms with Gasteiger partial charge in [0, 0.05) is 25.7 Å². The van der Waals surface area contributed by atoms with Gasteiger partial charge in [-0.15, -0.1) is 0 Å². The molecule has 1 unspecified atom stereocenters. The SMILES string of the molecule is CCn1cc(NC(=O)NCCC(C)CCC(=O)O)cn1. The van der Waals surface area contributed by atoms with Crippen LogP contribution in [0.25, 0.3) is 0 Å². The second-order valence-electron chi connectivity index (χ2n) is 4.79. The van der Waals surface area contributed by atoms with Gasteiger partial charge in [-0.2, -0.15) is 5.10 Å². The average molecular weight is 282 g/mol. The van der Waals surface area contributed by atoms with Crippen molar-refractivity contribution in [1.82, 2.24) is 15.1 Å². The van der Waals surface area contributed by atoms with E-state index in [0.717, 1.165) is 13.0 Å². The minimum Gasteiger partial charge on any atom is -0.481 e. The lowest BCUT2D eigenvalue weighted by Crippen LogP contribution is -2.30. The Hall–Kier alpha value is -2.05. The molecule has 0 bridgehead atoms. The van der Waals surface area contributed by atoms with Crippen molar-refractivity contribution in [3.05, 3.63) is 12.4 Å². The molecule has 0 aliphatic rings. The van der Waals surface area contributed by atoms with Crippen LogP contribution in [0.1, 0.15) is 33.1 Å². The van der Waals surface area contributed by atoms with Crippen LogP contribution in [0.5, 0.6) is 0 Å². The second kappa shape index (κ2) is 8.19. The minimum absolute atomic E-state index is 0.170. The Kier molecular flexibility index (Phi) is 6.55. The van der Waals surface area contributed by atoms with Gasteiger partial charge in [0.2, 0.25) is 0 Å². The first-order valence-electron chi connectivity index (χ1n) is 6.80. The summed E-state index contributed by atoms with van der Waals surface area (Å²) in [5.74, 6) is -0.510. The van der Waals surface area contributed by atoms with Crippen LogP contribution >= 0.6 is 0 Å². The number of carbonyl (C=O) groups excluding carboxylic acids is 1. The van der Waals surface area contributed by atoms with Crippen LogP contribution in [0, 0.1) is 5.92 Å². The summed E-state index contributed by atoms with van der Waals surface area (Å²) < 4.78 is 1.73. The van der Waals surface area contributed by atoms with Crippen molar-refractivity contribution in [3.63, 3.8) is 0 Å². The highest BCUT2D eigenvalue weighted by molar-refractivity contribution is 5.88. The van der Waals surface area contributed by atoms with Crippen molar-refractivity contribution in [1.29, 1.82) is 0 Å². The maximum Gasteiger partial charge on any atom is 0.319 e. The Balaban J connectivity index is 2.18. The van der Waals surface area contributed by atoms with Gasteiger partial charge in [-0.05, 0) is 25.7 Å². The van der Waals surface area contributed by atoms with Crippen molar-refractivity contribution in [2.75, 3.05) is 11.9 Å². The first kappa shape index (κ1) is 16.0. The predicted octanol–water partition coefficient (Wildman–Crippen LogP) is 1.92. The molecule has 0 fully saturated rings. The van der Waals surface area contributed by atoms with Gasteiger partial charge in [-0.3, -0.25) is 9.48 Å². The maximum absolute atomic E-state index is 11.6. The molecule has 0 saturated carbocycles. The summed E-state index contributed by atoms with van der Waals surface area (Å²) in [5.41, 5.74) is 0.656. The number of carboxylic acids is 1. The molecule has 1 aromatic rings. The molecular formula is C13H22N4O3. The van der Waals surface area contributed by atoms with Gasteiger partial charge in [0.1, 0.15) is 0 Å². The van der Waals surface area contributed by atoms with Crippen molar-refractivity contribution in [2.45, 2.75) is 39.7 Å². The highest BCUT2D eigenvalue weighted by Crippen LogP contribution is 2.09. The quantitative estimate of drug-likeness (QED) is 0.678. The molecule has 1 atom stereocenters. The number of carboxylic acid groups (broad SMARTS) is 1. The summed E-state index contributed by atoms with van der Waals surface area (Å²) >= 11 is 0. The highest BCUT2D eigenvalue weighted by atomic mass is 16.4. The van der Waals surface area contributed by atoms with E-state index in [1.54, 1.807) is 17.1 Å². The molecule has 7 nitrogen and oxygen atoms in total. The predicted molar refractivity (Wildman–Crippen MR) is 75.6 cm³/mol. The zero-order valence-corrected chi connectivity index (χ0v) is 11.9. The first-order chi connectivity index (χ1) is 9.51. The topological polar surface area (TPSA) is 96.2 Å². The van der Waals surface area contributed by atoms with Crippen molar-refractivity contribution in [3.8, 4) is 0 Å². The van der Waals surface area contributed by atoms with Gasteiger partial charge in [0.15, 0.2) is 0 Å². The fourth-order valence-electron chi connectivity index (χ4n) is 1.72. The Morgan fingerprint density at radius 2 is 2.20 bits per heavy atom. The molecule has 0 aliphatic heterocycles. The molecule has 1 rings (SSSR count). The van der Waals surface area contributed by atoms with Crippen molar-refractivity contribution >= 4 is 17.7 Å². The van der Waals surface area contributed by atoms with Gasteiger partial charge < -0.3 is 15.7 Å². The molecule has 20 heavy (non-hydrogen) atoms. The summed E-state index contributed by atoms with van der Waals surface area (Å²) in [4.78, 5) is 22.0. The van der Waals surface area contributed by atoms with E-state index >= 15 is 0 Å². The number of aromatic nitrogens is 2. The summed E-state index contributed by atoms with van der Waals surface area (Å²) in [6, 6.07) is -0.272. The lowest BCUT2D eigenvalue weighted by atomic mass is 10.0. The van der Waals surface area contributed by atoms with Crippen LogP contribution in [0.15, 0.2) is 12.4 Å². The molecule has 1 aromatic heterocycles. The smallest absolute Gasteiger partial charge is 0.319 e. The van der Waals surface area contributed by atoms with Crippen LogP contribution in [-0.4, -0.2) is 33.4 Å². The number of nitrogens with one attached hydrogen (secondary N) is 2. The van der Waals surface area contributed by atoms with Crippen molar-refractivity contribution < 1.29 is 14.7 Å². The molecule has 3 N–H and O–H groups in total. The van der Waals surface area contributed by atoms with Crippen LogP contribution < -0.4 is 10.6 Å². The zero-order chi connectivity index (χ0) is 15.0. The lowest BCUT2D eigenvalue weighted by molar-refractivity contribution is -0.137. The molecular weight excluding hydrogens is 260 g/mol. The molecule has 1 heterocycles. The number of anilines is 1. The number of hydrogen-bond acceptors (Lipinski definition) is 3. The third-order valence-electron chi connectivity index (χ3n) is 2.99. The number of aryl methyl sites for hydroxylation is 1. The van der Waals surface area contributed by atoms with Gasteiger partial charge >= 0.3 is 12.0 Å². The maximum atomic E-state index is 11.6. The number of aliphatic carboxylic acids is 1. The fraction of sp³-hybridized carbons (Fsp3) is 0.615. The second-order valence-corrected chi connectivity index (χ2v) is 4.79. The number of amides is 2. The van der Waals surface area contributed by atoms with Gasteiger partial charge in [0.25, 0.3) is 0 Å². The van der Waals surface area contributed by atoms with Crippen molar-refractivity contribution in [2.24, 2.45) is 5.92 Å². The standard InChI is InChI=1S/C13H22N4O3/c1-3-17-9-11(8-15-17)16-13(20)14-7-6-10(2)4-5-12(18)19/h8-10H,3-7H2,1-2H3,(H,18,19)(H2,14,16,20). The Morgan fingerprint density at radius 3 is 2.80 bits per heavy atom. The molecule has 0 aromatic carbocycles. The molecule has 0 aliphatic carbocycles. The number of hydrogen-bond donors (Lipinski definition) is 3. The van der Waals surface area contributed by atoms with E-state index in [2.05, 4.69) is 15.7 Å².